The van der Waals surface area contributed by atoms with E-state index in [4.69, 9.17) is 0 Å². The lowest BCUT2D eigenvalue weighted by molar-refractivity contribution is 0.0980. The first-order valence-corrected chi connectivity index (χ1v) is 10.1. The van der Waals surface area contributed by atoms with Crippen molar-refractivity contribution in [3.05, 3.63) is 11.6 Å². The molecule has 4 heteroatoms. The van der Waals surface area contributed by atoms with Crippen LogP contribution in [0.4, 0.5) is 0 Å². The lowest BCUT2D eigenvalue weighted by Crippen LogP contribution is -2.48. The number of piperidine rings is 1. The Balaban J connectivity index is 2.05. The fourth-order valence-corrected chi connectivity index (χ4v) is 3.44. The predicted molar refractivity (Wildman–Crippen MR) is 100 cm³/mol. The molecule has 0 radical (unpaired) electrons. The maximum absolute atomic E-state index is 10.1. The van der Waals surface area contributed by atoms with Gasteiger partial charge in [0.05, 0.1) is 24.9 Å². The average molecular weight is 342 g/mol. The molecule has 1 aliphatic heterocycles. The molecule has 0 aromatic heterocycles. The second-order valence-corrected chi connectivity index (χ2v) is 7.22. The molecule has 1 fully saturated rings. The normalized spacial score (nSPS) is 24.4. The number of aliphatic hydroxyl groups excluding tert-OH is 3. The molecule has 0 aromatic rings. The molecule has 0 saturated carbocycles. The lowest BCUT2D eigenvalue weighted by Gasteiger charge is -2.30. The van der Waals surface area contributed by atoms with Crippen molar-refractivity contribution >= 4 is 0 Å². The zero-order valence-electron chi connectivity index (χ0n) is 15.6. The van der Waals surface area contributed by atoms with Gasteiger partial charge >= 0.3 is 0 Å². The van der Waals surface area contributed by atoms with Crippen LogP contribution in [0, 0.1) is 0 Å². The van der Waals surface area contributed by atoms with Crippen molar-refractivity contribution in [2.24, 2.45) is 0 Å². The van der Waals surface area contributed by atoms with Gasteiger partial charge < -0.3 is 20.6 Å². The Bertz CT molecular complexity index is 333. The Morgan fingerprint density at radius 1 is 1.04 bits per heavy atom. The van der Waals surface area contributed by atoms with Gasteiger partial charge in [0.2, 0.25) is 0 Å². The molecule has 1 heterocycles. The van der Waals surface area contributed by atoms with Crippen molar-refractivity contribution in [1.82, 2.24) is 5.32 Å². The molecule has 0 bridgehead atoms. The molecule has 0 spiro atoms. The maximum atomic E-state index is 10.1. The lowest BCUT2D eigenvalue weighted by atomic mass is 9.93. The molecule has 0 aromatic carbocycles. The largest absolute Gasteiger partial charge is 0.395 e. The van der Waals surface area contributed by atoms with Gasteiger partial charge in [0.1, 0.15) is 0 Å². The van der Waals surface area contributed by atoms with Crippen molar-refractivity contribution in [2.75, 3.05) is 13.2 Å². The molecule has 1 rings (SSSR count). The van der Waals surface area contributed by atoms with E-state index in [0.29, 0.717) is 0 Å². The number of unbranched alkanes of at least 4 members (excludes halogenated alkanes) is 9. The van der Waals surface area contributed by atoms with Crippen molar-refractivity contribution in [3.8, 4) is 0 Å². The minimum Gasteiger partial charge on any atom is -0.395 e. The van der Waals surface area contributed by atoms with Crippen LogP contribution in [0.1, 0.15) is 84.0 Å². The molecule has 142 valence electrons. The van der Waals surface area contributed by atoms with Crippen LogP contribution in [0.15, 0.2) is 11.6 Å². The van der Waals surface area contributed by atoms with Crippen LogP contribution in [0.2, 0.25) is 0 Å². The molecule has 3 atom stereocenters. The Morgan fingerprint density at radius 2 is 1.62 bits per heavy atom. The summed E-state index contributed by atoms with van der Waals surface area (Å²) in [5.74, 6) is 0. The quantitative estimate of drug-likeness (QED) is 0.306. The minimum absolute atomic E-state index is 0.0763. The van der Waals surface area contributed by atoms with Crippen LogP contribution in [0.25, 0.3) is 0 Å². The van der Waals surface area contributed by atoms with E-state index in [9.17, 15) is 15.3 Å². The molecule has 1 aliphatic rings. The Hall–Kier alpha value is -0.420. The first-order valence-electron chi connectivity index (χ1n) is 10.1. The SMILES string of the molecule is CCCCCCCCCCCC[C@@H](O)/C=C1/CCN[C@@H](CO)[C@@H]1O. The van der Waals surface area contributed by atoms with E-state index in [1.54, 1.807) is 0 Å². The van der Waals surface area contributed by atoms with Crippen LogP contribution < -0.4 is 5.32 Å². The zero-order valence-corrected chi connectivity index (χ0v) is 15.6. The second kappa shape index (κ2) is 13.8. The van der Waals surface area contributed by atoms with Gasteiger partial charge in [-0.05, 0) is 25.0 Å². The van der Waals surface area contributed by atoms with Gasteiger partial charge in [-0.25, -0.2) is 0 Å². The number of nitrogens with one attached hydrogen (secondary N) is 1. The van der Waals surface area contributed by atoms with E-state index in [1.807, 2.05) is 6.08 Å². The van der Waals surface area contributed by atoms with Crippen molar-refractivity contribution in [2.45, 2.75) is 102 Å². The van der Waals surface area contributed by atoms with Gasteiger partial charge in [-0.15, -0.1) is 0 Å². The minimum atomic E-state index is -0.675. The summed E-state index contributed by atoms with van der Waals surface area (Å²) in [7, 11) is 0. The van der Waals surface area contributed by atoms with Gasteiger partial charge in [0, 0.05) is 0 Å². The van der Waals surface area contributed by atoms with Gasteiger partial charge in [-0.3, -0.25) is 0 Å². The number of aliphatic hydroxyl groups is 3. The number of hydrogen-bond donors (Lipinski definition) is 4. The van der Waals surface area contributed by atoms with E-state index in [2.05, 4.69) is 12.2 Å². The van der Waals surface area contributed by atoms with E-state index >= 15 is 0 Å². The second-order valence-electron chi connectivity index (χ2n) is 7.22. The number of hydrogen-bond acceptors (Lipinski definition) is 4. The van der Waals surface area contributed by atoms with Crippen molar-refractivity contribution < 1.29 is 15.3 Å². The maximum Gasteiger partial charge on any atom is 0.0926 e. The molecule has 24 heavy (non-hydrogen) atoms. The summed E-state index contributed by atoms with van der Waals surface area (Å²) in [6.07, 6.45) is 15.1. The standard InChI is InChI=1S/C20H39NO3/c1-2-3-4-5-6-7-8-9-10-11-12-18(23)15-17-13-14-21-19(16-22)20(17)24/h15,18-24H,2-14,16H2,1H3/b17-15-/t18-,19+,20-/m1/s1. The summed E-state index contributed by atoms with van der Waals surface area (Å²) in [5.41, 5.74) is 0.868. The highest BCUT2D eigenvalue weighted by atomic mass is 16.3. The zero-order chi connectivity index (χ0) is 17.6. The fraction of sp³-hybridized carbons (Fsp3) is 0.900. The Labute approximate surface area is 148 Å². The third-order valence-electron chi connectivity index (χ3n) is 5.04. The van der Waals surface area contributed by atoms with E-state index in [-0.39, 0.29) is 12.6 Å². The Kier molecular flexibility index (Phi) is 12.5. The van der Waals surface area contributed by atoms with Gasteiger partial charge in [-0.2, -0.15) is 0 Å². The third kappa shape index (κ3) is 9.16. The first-order chi connectivity index (χ1) is 11.7. The molecule has 0 aliphatic carbocycles. The van der Waals surface area contributed by atoms with E-state index < -0.39 is 12.2 Å². The van der Waals surface area contributed by atoms with Crippen molar-refractivity contribution in [1.29, 1.82) is 0 Å². The van der Waals surface area contributed by atoms with Gasteiger partial charge in [0.15, 0.2) is 0 Å². The van der Waals surface area contributed by atoms with Crippen LogP contribution >= 0.6 is 0 Å². The molecule has 4 N–H and O–H groups in total. The average Bonchev–Trinajstić information content (AvgIpc) is 2.58. The van der Waals surface area contributed by atoms with Gasteiger partial charge in [0.25, 0.3) is 0 Å². The van der Waals surface area contributed by atoms with Crippen LogP contribution in [-0.4, -0.2) is 46.7 Å². The third-order valence-corrected chi connectivity index (χ3v) is 5.04. The molecule has 4 nitrogen and oxygen atoms in total. The monoisotopic (exact) mass is 341 g/mol. The smallest absolute Gasteiger partial charge is 0.0926 e. The fourth-order valence-electron chi connectivity index (χ4n) is 3.44. The summed E-state index contributed by atoms with van der Waals surface area (Å²) >= 11 is 0. The first kappa shape index (κ1) is 21.6. The summed E-state index contributed by atoms with van der Waals surface area (Å²) < 4.78 is 0. The van der Waals surface area contributed by atoms with E-state index in [0.717, 1.165) is 31.4 Å². The van der Waals surface area contributed by atoms with Crippen LogP contribution in [-0.2, 0) is 0 Å². The topological polar surface area (TPSA) is 72.7 Å². The number of rotatable bonds is 13. The van der Waals surface area contributed by atoms with Gasteiger partial charge in [-0.1, -0.05) is 77.2 Å². The summed E-state index contributed by atoms with van der Waals surface area (Å²) in [5, 5.41) is 32.5. The Morgan fingerprint density at radius 3 is 2.21 bits per heavy atom. The predicted octanol–water partition coefficient (Wildman–Crippen LogP) is 3.30. The van der Waals surface area contributed by atoms with E-state index in [1.165, 1.54) is 57.8 Å². The van der Waals surface area contributed by atoms with Crippen molar-refractivity contribution in [3.63, 3.8) is 0 Å². The van der Waals surface area contributed by atoms with Crippen LogP contribution in [0.3, 0.4) is 0 Å². The molecule has 1 saturated heterocycles. The van der Waals surface area contributed by atoms with Crippen LogP contribution in [0.5, 0.6) is 0 Å². The molecule has 0 amide bonds. The summed E-state index contributed by atoms with van der Waals surface area (Å²) in [6, 6.07) is -0.297. The highest BCUT2D eigenvalue weighted by Gasteiger charge is 2.26. The molecular weight excluding hydrogens is 302 g/mol. The highest BCUT2D eigenvalue weighted by molar-refractivity contribution is 5.16. The highest BCUT2D eigenvalue weighted by Crippen LogP contribution is 2.18. The molecular formula is C20H39NO3. The summed E-state index contributed by atoms with van der Waals surface area (Å²) in [4.78, 5) is 0. The summed E-state index contributed by atoms with van der Waals surface area (Å²) in [6.45, 7) is 2.92. The molecule has 0 unspecified atom stereocenters.